The second-order valence-electron chi connectivity index (χ2n) is 6.88. The van der Waals surface area contributed by atoms with Gasteiger partial charge in [0.2, 0.25) is 11.8 Å². The molecule has 2 amide bonds. The van der Waals surface area contributed by atoms with E-state index in [1.807, 2.05) is 17.0 Å². The maximum atomic E-state index is 12.3. The van der Waals surface area contributed by atoms with Crippen molar-refractivity contribution in [1.29, 1.82) is 0 Å². The molecule has 1 saturated carbocycles. The molecule has 9 heteroatoms. The van der Waals surface area contributed by atoms with Gasteiger partial charge in [0.15, 0.2) is 11.5 Å². The summed E-state index contributed by atoms with van der Waals surface area (Å²) in [5, 5.41) is 16.1. The van der Waals surface area contributed by atoms with Crippen molar-refractivity contribution in [2.24, 2.45) is 0 Å². The van der Waals surface area contributed by atoms with Gasteiger partial charge < -0.3 is 15.1 Å². The average molecular weight is 357 g/mol. The number of piperazine rings is 1. The molecule has 1 aliphatic heterocycles. The Morgan fingerprint density at radius 1 is 1.12 bits per heavy atom. The van der Waals surface area contributed by atoms with Crippen LogP contribution in [0.3, 0.4) is 0 Å². The molecule has 3 heterocycles. The maximum absolute atomic E-state index is 12.3. The minimum absolute atomic E-state index is 0.0693. The Balaban J connectivity index is 1.29. The molecule has 2 aromatic heterocycles. The first-order chi connectivity index (χ1) is 12.6. The van der Waals surface area contributed by atoms with Crippen molar-refractivity contribution >= 4 is 23.3 Å². The van der Waals surface area contributed by atoms with E-state index in [4.69, 9.17) is 0 Å². The Morgan fingerprint density at radius 2 is 1.85 bits per heavy atom. The zero-order valence-corrected chi connectivity index (χ0v) is 14.9. The van der Waals surface area contributed by atoms with E-state index in [0.717, 1.165) is 24.3 Å². The fraction of sp³-hybridized carbons (Fsp3) is 0.588. The first-order valence-corrected chi connectivity index (χ1v) is 9.11. The van der Waals surface area contributed by atoms with Crippen molar-refractivity contribution in [3.05, 3.63) is 18.0 Å². The van der Waals surface area contributed by atoms with Crippen LogP contribution < -0.4 is 5.32 Å². The Hall–Kier alpha value is -2.71. The molecular formula is C17H23N7O2. The minimum atomic E-state index is 0.0693. The molecule has 2 fully saturated rings. The molecule has 0 atom stereocenters. The topological polar surface area (TPSA) is 95.7 Å². The van der Waals surface area contributed by atoms with E-state index in [1.165, 1.54) is 0 Å². The number of aromatic nitrogens is 4. The number of nitrogens with zero attached hydrogens (tertiary/aromatic N) is 6. The predicted molar refractivity (Wildman–Crippen MR) is 94.7 cm³/mol. The van der Waals surface area contributed by atoms with Crippen LogP contribution in [0, 0.1) is 0 Å². The van der Waals surface area contributed by atoms with Gasteiger partial charge >= 0.3 is 0 Å². The second-order valence-corrected chi connectivity index (χ2v) is 6.88. The van der Waals surface area contributed by atoms with Crippen LogP contribution in [-0.2, 0) is 9.59 Å². The maximum Gasteiger partial charge on any atom is 0.224 e. The summed E-state index contributed by atoms with van der Waals surface area (Å²) in [5.41, 5.74) is 0.747. The number of carbonyl (C=O) groups is 2. The Bertz CT molecular complexity index is 822. The van der Waals surface area contributed by atoms with Crippen molar-refractivity contribution in [2.45, 2.75) is 32.1 Å². The van der Waals surface area contributed by atoms with E-state index in [9.17, 15) is 9.59 Å². The molecule has 0 unspecified atom stereocenters. The minimum Gasteiger partial charge on any atom is -0.368 e. The van der Waals surface area contributed by atoms with Crippen LogP contribution in [0.5, 0.6) is 0 Å². The number of carbonyl (C=O) groups excluding carboxylic acids is 2. The molecule has 4 rings (SSSR count). The van der Waals surface area contributed by atoms with Crippen LogP contribution in [0.4, 0.5) is 5.82 Å². The SMILES string of the molecule is CC(=O)N1CCN(C(=O)CCNc2ccc3nnc(C4CC4)n3n2)CC1. The van der Waals surface area contributed by atoms with E-state index in [1.54, 1.807) is 16.3 Å². The van der Waals surface area contributed by atoms with Crippen molar-refractivity contribution < 1.29 is 9.59 Å². The largest absolute Gasteiger partial charge is 0.368 e. The van der Waals surface area contributed by atoms with Crippen LogP contribution in [-0.4, -0.2) is 74.1 Å². The molecule has 0 spiro atoms. The van der Waals surface area contributed by atoms with Gasteiger partial charge in [-0.2, -0.15) is 4.52 Å². The summed E-state index contributed by atoms with van der Waals surface area (Å²) in [7, 11) is 0. The zero-order chi connectivity index (χ0) is 18.1. The standard InChI is InChI=1S/C17H23N7O2/c1-12(25)22-8-10-23(11-9-22)16(26)6-7-18-14-4-5-15-19-20-17(13-2-3-13)24(15)21-14/h4-5,13H,2-3,6-11H2,1H3,(H,18,21). The molecule has 2 aliphatic rings. The van der Waals surface area contributed by atoms with Gasteiger partial charge in [0, 0.05) is 52.0 Å². The molecule has 9 nitrogen and oxygen atoms in total. The van der Waals surface area contributed by atoms with Gasteiger partial charge in [-0.25, -0.2) is 0 Å². The summed E-state index contributed by atoms with van der Waals surface area (Å²) >= 11 is 0. The summed E-state index contributed by atoms with van der Waals surface area (Å²) < 4.78 is 1.79. The highest BCUT2D eigenvalue weighted by Gasteiger charge is 2.29. The quantitative estimate of drug-likeness (QED) is 0.837. The lowest BCUT2D eigenvalue weighted by atomic mass is 10.2. The summed E-state index contributed by atoms with van der Waals surface area (Å²) in [6.45, 7) is 4.53. The monoisotopic (exact) mass is 357 g/mol. The lowest BCUT2D eigenvalue weighted by Crippen LogP contribution is -2.50. The first kappa shape index (κ1) is 16.7. The smallest absolute Gasteiger partial charge is 0.224 e. The van der Waals surface area contributed by atoms with Crippen LogP contribution in [0.1, 0.15) is 37.9 Å². The average Bonchev–Trinajstić information content (AvgIpc) is 3.41. The fourth-order valence-corrected chi connectivity index (χ4v) is 3.22. The van der Waals surface area contributed by atoms with Crippen molar-refractivity contribution in [3.8, 4) is 0 Å². The zero-order valence-electron chi connectivity index (χ0n) is 14.9. The second kappa shape index (κ2) is 6.89. The van der Waals surface area contributed by atoms with Crippen molar-refractivity contribution in [3.63, 3.8) is 0 Å². The molecule has 1 aliphatic carbocycles. The Morgan fingerprint density at radius 3 is 2.54 bits per heavy atom. The predicted octanol–water partition coefficient (Wildman–Crippen LogP) is 0.494. The third-order valence-corrected chi connectivity index (χ3v) is 4.95. The van der Waals surface area contributed by atoms with E-state index < -0.39 is 0 Å². The van der Waals surface area contributed by atoms with Crippen molar-refractivity contribution in [2.75, 3.05) is 38.0 Å². The molecule has 1 N–H and O–H groups in total. The fourth-order valence-electron chi connectivity index (χ4n) is 3.22. The molecule has 0 aromatic carbocycles. The lowest BCUT2D eigenvalue weighted by molar-refractivity contribution is -0.138. The molecule has 0 radical (unpaired) electrons. The number of anilines is 1. The third-order valence-electron chi connectivity index (χ3n) is 4.95. The number of rotatable bonds is 5. The van der Waals surface area contributed by atoms with Gasteiger partial charge in [0.25, 0.3) is 0 Å². The van der Waals surface area contributed by atoms with Gasteiger partial charge in [-0.1, -0.05) is 0 Å². The molecule has 26 heavy (non-hydrogen) atoms. The van der Waals surface area contributed by atoms with Crippen LogP contribution in [0.2, 0.25) is 0 Å². The molecule has 2 aromatic rings. The number of nitrogens with one attached hydrogen (secondary N) is 1. The van der Waals surface area contributed by atoms with Crippen LogP contribution >= 0.6 is 0 Å². The Labute approximate surface area is 151 Å². The van der Waals surface area contributed by atoms with E-state index >= 15 is 0 Å². The van der Waals surface area contributed by atoms with E-state index in [-0.39, 0.29) is 11.8 Å². The van der Waals surface area contributed by atoms with E-state index in [0.29, 0.717) is 50.9 Å². The Kier molecular flexibility index (Phi) is 4.44. The number of fused-ring (bicyclic) bond motifs is 1. The van der Waals surface area contributed by atoms with Gasteiger partial charge in [-0.05, 0) is 25.0 Å². The summed E-state index contributed by atoms with van der Waals surface area (Å²) in [6, 6.07) is 3.74. The third kappa shape index (κ3) is 3.47. The summed E-state index contributed by atoms with van der Waals surface area (Å²) in [5.74, 6) is 2.28. The lowest BCUT2D eigenvalue weighted by Gasteiger charge is -2.34. The normalized spacial score (nSPS) is 17.6. The molecule has 1 saturated heterocycles. The number of hydrogen-bond donors (Lipinski definition) is 1. The van der Waals surface area contributed by atoms with Crippen LogP contribution in [0.15, 0.2) is 12.1 Å². The van der Waals surface area contributed by atoms with Gasteiger partial charge in [0.05, 0.1) is 0 Å². The number of amides is 2. The molecular weight excluding hydrogens is 334 g/mol. The summed E-state index contributed by atoms with van der Waals surface area (Å²) in [6.07, 6.45) is 2.69. The highest BCUT2D eigenvalue weighted by Crippen LogP contribution is 2.38. The van der Waals surface area contributed by atoms with Gasteiger partial charge in [-0.15, -0.1) is 15.3 Å². The molecule has 0 bridgehead atoms. The van der Waals surface area contributed by atoms with Crippen molar-refractivity contribution in [1.82, 2.24) is 29.6 Å². The van der Waals surface area contributed by atoms with Gasteiger partial charge in [-0.3, -0.25) is 9.59 Å². The van der Waals surface area contributed by atoms with E-state index in [2.05, 4.69) is 20.6 Å². The molecule has 138 valence electrons. The van der Waals surface area contributed by atoms with Crippen LogP contribution in [0.25, 0.3) is 5.65 Å². The highest BCUT2D eigenvalue weighted by atomic mass is 16.2. The van der Waals surface area contributed by atoms with Gasteiger partial charge in [0.1, 0.15) is 5.82 Å². The summed E-state index contributed by atoms with van der Waals surface area (Å²) in [4.78, 5) is 27.3. The number of hydrogen-bond acceptors (Lipinski definition) is 6. The first-order valence-electron chi connectivity index (χ1n) is 9.11. The highest BCUT2D eigenvalue weighted by molar-refractivity contribution is 5.77.